The van der Waals surface area contributed by atoms with Crippen LogP contribution in [0.2, 0.25) is 0 Å². The maximum Gasteiger partial charge on any atom is 0.0947 e. The van der Waals surface area contributed by atoms with Gasteiger partial charge in [0.25, 0.3) is 0 Å². The van der Waals surface area contributed by atoms with Gasteiger partial charge in [-0.2, -0.15) is 0 Å². The van der Waals surface area contributed by atoms with Crippen LogP contribution in [0, 0.1) is 5.92 Å². The first kappa shape index (κ1) is 7.87. The Kier molecular flexibility index (Phi) is 2.17. The molecule has 2 nitrogen and oxygen atoms in total. The van der Waals surface area contributed by atoms with Crippen LogP contribution in [0.25, 0.3) is 0 Å². The van der Waals surface area contributed by atoms with E-state index in [1.165, 1.54) is 18.4 Å². The fourth-order valence-corrected chi connectivity index (χ4v) is 1.72. The van der Waals surface area contributed by atoms with Gasteiger partial charge in [-0.3, -0.25) is 0 Å². The van der Waals surface area contributed by atoms with Crippen LogP contribution in [-0.2, 0) is 6.54 Å². The molecule has 1 saturated carbocycles. The number of rotatable bonds is 3. The first-order chi connectivity index (χ1) is 5.84. The van der Waals surface area contributed by atoms with E-state index >= 15 is 0 Å². The fourth-order valence-electron chi connectivity index (χ4n) is 1.72. The molecule has 1 aromatic heterocycles. The lowest BCUT2D eigenvalue weighted by atomic mass is 9.82. The van der Waals surface area contributed by atoms with Crippen LogP contribution in [0.5, 0.6) is 0 Å². The van der Waals surface area contributed by atoms with Gasteiger partial charge in [0.05, 0.1) is 12.5 Å². The van der Waals surface area contributed by atoms with Gasteiger partial charge in [0.2, 0.25) is 0 Å². The van der Waals surface area contributed by atoms with E-state index in [0.717, 1.165) is 18.5 Å². The van der Waals surface area contributed by atoms with Crippen LogP contribution in [0.4, 0.5) is 0 Å². The van der Waals surface area contributed by atoms with Gasteiger partial charge in [-0.25, -0.2) is 0 Å². The molecule has 0 amide bonds. The maximum atomic E-state index is 4.98. The van der Waals surface area contributed by atoms with E-state index in [-0.39, 0.29) is 0 Å². The molecule has 12 heavy (non-hydrogen) atoms. The molecule has 1 fully saturated rings. The summed E-state index contributed by atoms with van der Waals surface area (Å²) in [4.78, 5) is 0. The van der Waals surface area contributed by atoms with Crippen molar-refractivity contribution < 1.29 is 4.42 Å². The molecule has 0 bridgehead atoms. The Hall–Kier alpha value is -0.760. The lowest BCUT2D eigenvalue weighted by Gasteiger charge is -2.33. The van der Waals surface area contributed by atoms with Crippen molar-refractivity contribution in [3.05, 3.63) is 24.2 Å². The third-order valence-corrected chi connectivity index (χ3v) is 2.55. The van der Waals surface area contributed by atoms with E-state index in [2.05, 4.69) is 12.2 Å². The smallest absolute Gasteiger partial charge is 0.0947 e. The van der Waals surface area contributed by atoms with E-state index in [4.69, 9.17) is 4.42 Å². The first-order valence-corrected chi connectivity index (χ1v) is 4.59. The largest absolute Gasteiger partial charge is 0.472 e. The third kappa shape index (κ3) is 1.69. The monoisotopic (exact) mass is 165 g/mol. The van der Waals surface area contributed by atoms with E-state index in [1.807, 2.05) is 6.07 Å². The van der Waals surface area contributed by atoms with Gasteiger partial charge in [-0.1, -0.05) is 6.92 Å². The second-order valence-electron chi connectivity index (χ2n) is 3.79. The molecule has 0 atom stereocenters. The Bertz CT molecular complexity index is 224. The molecular weight excluding hydrogens is 150 g/mol. The van der Waals surface area contributed by atoms with Crippen LogP contribution in [-0.4, -0.2) is 6.04 Å². The Labute approximate surface area is 73.0 Å². The highest BCUT2D eigenvalue weighted by molar-refractivity contribution is 5.05. The van der Waals surface area contributed by atoms with Gasteiger partial charge < -0.3 is 9.73 Å². The van der Waals surface area contributed by atoms with Crippen molar-refractivity contribution in [2.24, 2.45) is 5.92 Å². The molecule has 1 aromatic rings. The maximum absolute atomic E-state index is 4.98. The van der Waals surface area contributed by atoms with Gasteiger partial charge in [0.15, 0.2) is 0 Å². The van der Waals surface area contributed by atoms with Crippen LogP contribution in [0.15, 0.2) is 23.0 Å². The number of nitrogens with one attached hydrogen (secondary N) is 1. The summed E-state index contributed by atoms with van der Waals surface area (Å²) in [7, 11) is 0. The number of furan rings is 1. The minimum absolute atomic E-state index is 0.745. The van der Waals surface area contributed by atoms with Crippen molar-refractivity contribution in [2.45, 2.75) is 32.4 Å². The quantitative estimate of drug-likeness (QED) is 0.742. The molecular formula is C10H15NO. The molecule has 0 saturated heterocycles. The molecule has 2 heteroatoms. The highest BCUT2D eigenvalue weighted by Crippen LogP contribution is 2.26. The van der Waals surface area contributed by atoms with Gasteiger partial charge in [0.1, 0.15) is 0 Å². The summed E-state index contributed by atoms with van der Waals surface area (Å²) < 4.78 is 4.98. The van der Waals surface area contributed by atoms with Crippen LogP contribution >= 0.6 is 0 Å². The van der Waals surface area contributed by atoms with Crippen molar-refractivity contribution in [1.29, 1.82) is 0 Å². The molecule has 0 aromatic carbocycles. The normalized spacial score (nSPS) is 28.4. The lowest BCUT2D eigenvalue weighted by molar-refractivity contribution is 0.240. The minimum atomic E-state index is 0.745. The van der Waals surface area contributed by atoms with Gasteiger partial charge in [-0.05, 0) is 24.8 Å². The van der Waals surface area contributed by atoms with E-state index in [0.29, 0.717) is 0 Å². The Balaban J connectivity index is 1.70. The Morgan fingerprint density at radius 3 is 3.00 bits per heavy atom. The van der Waals surface area contributed by atoms with Gasteiger partial charge >= 0.3 is 0 Å². The molecule has 66 valence electrons. The summed E-state index contributed by atoms with van der Waals surface area (Å²) in [6.07, 6.45) is 6.19. The molecule has 2 rings (SSSR count). The molecule has 1 N–H and O–H groups in total. The van der Waals surface area contributed by atoms with Gasteiger partial charge in [-0.15, -0.1) is 0 Å². The molecule has 1 heterocycles. The second kappa shape index (κ2) is 3.31. The standard InChI is InChI=1S/C10H15NO/c1-8-4-10(5-8)11-6-9-2-3-12-7-9/h2-3,7-8,10-11H,4-6H2,1H3. The highest BCUT2D eigenvalue weighted by atomic mass is 16.3. The van der Waals surface area contributed by atoms with Crippen molar-refractivity contribution in [3.8, 4) is 0 Å². The molecule has 0 radical (unpaired) electrons. The summed E-state index contributed by atoms with van der Waals surface area (Å²) in [5.41, 5.74) is 1.24. The fraction of sp³-hybridized carbons (Fsp3) is 0.600. The molecule has 1 aliphatic rings. The number of hydrogen-bond acceptors (Lipinski definition) is 2. The molecule has 0 spiro atoms. The van der Waals surface area contributed by atoms with Crippen molar-refractivity contribution >= 4 is 0 Å². The van der Waals surface area contributed by atoms with Crippen molar-refractivity contribution in [1.82, 2.24) is 5.32 Å². The SMILES string of the molecule is CC1CC(NCc2ccoc2)C1. The third-order valence-electron chi connectivity index (χ3n) is 2.55. The molecule has 1 aliphatic carbocycles. The van der Waals surface area contributed by atoms with Crippen molar-refractivity contribution in [2.75, 3.05) is 0 Å². The summed E-state index contributed by atoms with van der Waals surface area (Å²) >= 11 is 0. The first-order valence-electron chi connectivity index (χ1n) is 4.59. The van der Waals surface area contributed by atoms with Crippen LogP contribution < -0.4 is 5.32 Å². The Morgan fingerprint density at radius 1 is 1.58 bits per heavy atom. The summed E-state index contributed by atoms with van der Waals surface area (Å²) in [6, 6.07) is 2.75. The topological polar surface area (TPSA) is 25.2 Å². The summed E-state index contributed by atoms with van der Waals surface area (Å²) in [6.45, 7) is 3.25. The van der Waals surface area contributed by atoms with E-state index in [1.54, 1.807) is 12.5 Å². The highest BCUT2D eigenvalue weighted by Gasteiger charge is 2.24. The predicted molar refractivity (Wildman–Crippen MR) is 47.7 cm³/mol. The minimum Gasteiger partial charge on any atom is -0.472 e. The zero-order valence-electron chi connectivity index (χ0n) is 7.42. The van der Waals surface area contributed by atoms with Crippen LogP contribution in [0.3, 0.4) is 0 Å². The van der Waals surface area contributed by atoms with E-state index in [9.17, 15) is 0 Å². The molecule has 0 unspecified atom stereocenters. The summed E-state index contributed by atoms with van der Waals surface area (Å²) in [5.74, 6) is 0.923. The van der Waals surface area contributed by atoms with Gasteiger partial charge in [0, 0.05) is 18.2 Å². The van der Waals surface area contributed by atoms with E-state index < -0.39 is 0 Å². The molecule has 0 aliphatic heterocycles. The summed E-state index contributed by atoms with van der Waals surface area (Å²) in [5, 5.41) is 3.49. The number of hydrogen-bond donors (Lipinski definition) is 1. The zero-order valence-corrected chi connectivity index (χ0v) is 7.42. The average molecular weight is 165 g/mol. The second-order valence-corrected chi connectivity index (χ2v) is 3.79. The van der Waals surface area contributed by atoms with Crippen LogP contribution in [0.1, 0.15) is 25.3 Å². The predicted octanol–water partition coefficient (Wildman–Crippen LogP) is 2.17. The lowest BCUT2D eigenvalue weighted by Crippen LogP contribution is -2.39. The Morgan fingerprint density at radius 2 is 2.42 bits per heavy atom. The zero-order chi connectivity index (χ0) is 8.39. The average Bonchev–Trinajstić information content (AvgIpc) is 2.47. The van der Waals surface area contributed by atoms with Crippen molar-refractivity contribution in [3.63, 3.8) is 0 Å².